The first kappa shape index (κ1) is 118. The van der Waals surface area contributed by atoms with Crippen molar-refractivity contribution in [1.29, 1.82) is 0 Å². The van der Waals surface area contributed by atoms with Crippen LogP contribution in [0.5, 0.6) is 0 Å². The SMILES string of the molecule is CP(=O)(NS(C)(=O)=O)NS(C)(=O)=O.CS(=O)(=O)NC(=O)C(F)(F)F.CS(=O)(=O)NC(=O)c1ccccc1.CS(=O)(=O)NC(F)(F)C(F)(F)F.CS(=O)NS(=O)(=O)C(F)(F)F.CS(=O)NS(=O)(=O)c1ccccc1.CS(=O)NS(C)(=O)=O.Cc1ccc(B(O)O)cc1.Cc1ccc(S(=O)O)cc1.Cc1ccc(S(=O)[O-])cc1.[Na+]. The second kappa shape index (κ2) is 51.7. The van der Waals surface area contributed by atoms with Gasteiger partial charge in [0.05, 0.1) is 47.3 Å². The third kappa shape index (κ3) is 67.7. The van der Waals surface area contributed by atoms with Crippen LogP contribution in [0.4, 0.5) is 48.3 Å². The molecule has 0 spiro atoms. The Labute approximate surface area is 674 Å². The second-order valence-electron chi connectivity index (χ2n) is 20.4. The Hall–Kier alpha value is -4.49. The minimum atomic E-state index is -5.92. The van der Waals surface area contributed by atoms with Crippen LogP contribution in [0.25, 0.3) is 0 Å². The third-order valence-corrected chi connectivity index (χ3v) is 24.9. The number of amides is 2. The average Bonchev–Trinajstić information content (AvgIpc) is 0.827. The summed E-state index contributed by atoms with van der Waals surface area (Å²) in [5.41, 5.74) is -1.27. The summed E-state index contributed by atoms with van der Waals surface area (Å²) in [6.45, 7) is 6.77. The summed E-state index contributed by atoms with van der Waals surface area (Å²) in [6.07, 6.45) is -3.67. The Bertz CT molecular complexity index is 4840. The van der Waals surface area contributed by atoms with E-state index in [0.29, 0.717) is 27.1 Å². The van der Waals surface area contributed by atoms with Gasteiger partial charge < -0.3 is 19.2 Å². The van der Waals surface area contributed by atoms with Crippen LogP contribution in [0, 0.1) is 20.8 Å². The molecule has 0 saturated carbocycles. The molecule has 640 valence electrons. The predicted molar refractivity (Wildman–Crippen MR) is 391 cm³/mol. The molecule has 0 aliphatic carbocycles. The van der Waals surface area contributed by atoms with E-state index in [1.807, 2.05) is 58.0 Å². The van der Waals surface area contributed by atoms with Gasteiger partial charge in [-0.15, -0.1) is 26.1 Å². The molecule has 5 aromatic rings. The van der Waals surface area contributed by atoms with Crippen LogP contribution in [0.15, 0.2) is 148 Å². The van der Waals surface area contributed by atoms with Crippen LogP contribution in [0.1, 0.15) is 27.0 Å². The van der Waals surface area contributed by atoms with E-state index in [9.17, 15) is 155 Å². The number of carbonyl (C=O) groups is 2. The molecule has 0 radical (unpaired) electrons. The quantitative estimate of drug-likeness (QED) is 0.0139. The molecule has 0 heterocycles. The van der Waals surface area contributed by atoms with Crippen molar-refractivity contribution in [3.63, 3.8) is 0 Å². The van der Waals surface area contributed by atoms with Crippen molar-refractivity contribution in [2.24, 2.45) is 0 Å². The normalized spacial score (nSPS) is 13.3. The maximum Gasteiger partial charge on any atom is 1.00 e. The summed E-state index contributed by atoms with van der Waals surface area (Å²) in [4.78, 5) is 21.9. The topological polar surface area (TPSA) is 590 Å². The molecule has 2 amide bonds. The minimum absolute atomic E-state index is 0. The van der Waals surface area contributed by atoms with Gasteiger partial charge in [0, 0.05) is 35.9 Å². The number of sulfonamides is 8. The summed E-state index contributed by atoms with van der Waals surface area (Å²) in [6, 6.07) is 31.2. The number of halogens is 11. The fourth-order valence-corrected chi connectivity index (χ4v) is 18.5. The molecule has 0 fully saturated rings. The third-order valence-electron chi connectivity index (χ3n) is 9.09. The van der Waals surface area contributed by atoms with Gasteiger partial charge in [0.15, 0.2) is 11.1 Å². The number of hydrogen-bond acceptors (Lipinski definition) is 27. The molecule has 5 aromatic carbocycles. The Kier molecular flexibility index (Phi) is 54.6. The minimum Gasteiger partial charge on any atom is -0.768 e. The zero-order valence-corrected chi connectivity index (χ0v) is 73.2. The van der Waals surface area contributed by atoms with Gasteiger partial charge in [-0.2, -0.15) is 48.3 Å². The molecular weight excluding hydrogens is 1840 g/mol. The number of aryl methyl sites for hydroxylation is 3. The number of hydrogen-bond donors (Lipinski definition) is 11. The molecule has 0 aliphatic heterocycles. The van der Waals surface area contributed by atoms with Crippen LogP contribution in [0.3, 0.4) is 0 Å². The Morgan fingerprint density at radius 2 is 0.795 bits per heavy atom. The molecule has 5 rings (SSSR count). The van der Waals surface area contributed by atoms with E-state index in [1.54, 1.807) is 106 Å². The Balaban J connectivity index is -0.000000279. The zero-order valence-electron chi connectivity index (χ0n) is 59.7. The van der Waals surface area contributed by atoms with E-state index in [1.165, 1.54) is 24.6 Å². The monoisotopic (exact) mass is 1910 g/mol. The molecule has 0 saturated heterocycles. The second-order valence-corrected chi connectivity index (χ2v) is 43.2. The first-order chi connectivity index (χ1) is 49.2. The van der Waals surface area contributed by atoms with E-state index in [4.69, 9.17) is 14.6 Å². The van der Waals surface area contributed by atoms with E-state index >= 15 is 0 Å². The van der Waals surface area contributed by atoms with E-state index in [0.717, 1.165) is 63.5 Å². The molecule has 11 N–H and O–H groups in total. The standard InChI is InChI=1S/C8H9NO3S.C7H9BO2.C7H9NO3S2.2C7H8O2S.C3H4F5NO2S.C3H4F3NO3S.C3H11N2O5PS2.C2H4F3NO3S2.C2H7NO3S2.Na/c1-13(11,12)9-8(10)7-5-3-2-4-6-7;1-6-2-4-7(5-3-6)8(9)10;1-12(9)8-13(10,11)7-5-3-2-4-6-7;2*1-6-2-4-7(5-3-6)10(8)9;1-12(10,11)9-3(7,8)2(4,5)6;1-11(9,10)7-2(8)3(4,5)6;1-11(6,4-12(2,7)8)5-13(3,9)10;1-10(7)6-11(8,9)2(3,4)5;1-7(4)3-8(2,5)6;/h2-6H,1H3,(H,9,10);2-5,9-10H,1H3;2-6,8H,1H3;2*2-5H,1H3,(H,8,9);9H,1H3;1H3,(H,7,8);1-3H3,(H2,4,5,6);6H,1H3;3H,1-2H3;/q;;;;;;;;;;+1/p-1. The van der Waals surface area contributed by atoms with Crippen molar-refractivity contribution in [3.8, 4) is 0 Å². The first-order valence-electron chi connectivity index (χ1n) is 27.2. The molecule has 112 heavy (non-hydrogen) atoms. The molecule has 36 nitrogen and oxygen atoms in total. The first-order valence-corrected chi connectivity index (χ1v) is 50.6. The van der Waals surface area contributed by atoms with E-state index < -0.39 is 186 Å². The Morgan fingerprint density at radius 3 is 1.02 bits per heavy atom. The van der Waals surface area contributed by atoms with Crippen molar-refractivity contribution in [3.05, 3.63) is 156 Å². The van der Waals surface area contributed by atoms with E-state index in [-0.39, 0.29) is 45.4 Å². The van der Waals surface area contributed by atoms with Gasteiger partial charge in [0.2, 0.25) is 67.6 Å². The van der Waals surface area contributed by atoms with Crippen LogP contribution in [-0.4, -0.2) is 213 Å². The maximum absolute atomic E-state index is 11.8. The summed E-state index contributed by atoms with van der Waals surface area (Å²) in [5, 5.41) is 17.3. The fourth-order valence-electron chi connectivity index (χ4n) is 5.25. The van der Waals surface area contributed by atoms with Crippen LogP contribution in [-0.2, 0) is 145 Å². The van der Waals surface area contributed by atoms with Crippen molar-refractivity contribution in [1.82, 2.24) is 35.5 Å². The van der Waals surface area contributed by atoms with Crippen molar-refractivity contribution in [2.45, 2.75) is 59.4 Å². The van der Waals surface area contributed by atoms with Gasteiger partial charge in [-0.1, -0.05) is 102 Å². The number of alkyl halides is 11. The van der Waals surface area contributed by atoms with Gasteiger partial charge in [0.25, 0.3) is 15.9 Å². The van der Waals surface area contributed by atoms with Crippen LogP contribution < -0.4 is 70.6 Å². The summed E-state index contributed by atoms with van der Waals surface area (Å²) in [5.74, 6) is -3.09. The number of carbonyl (C=O) groups excluding carboxylic acids is 2. The van der Waals surface area contributed by atoms with Gasteiger partial charge in [-0.25, -0.2) is 93.6 Å². The largest absolute Gasteiger partial charge is 1.00 e. The van der Waals surface area contributed by atoms with E-state index in [2.05, 4.69) is 0 Å². The number of rotatable bonds is 19. The molecule has 0 aliphatic rings. The molecule has 63 heteroatoms. The van der Waals surface area contributed by atoms with Crippen molar-refractivity contribution < 1.29 is 200 Å². The van der Waals surface area contributed by atoms with Gasteiger partial charge >= 0.3 is 76.5 Å². The maximum atomic E-state index is 11.8. The van der Waals surface area contributed by atoms with Crippen LogP contribution in [0.2, 0.25) is 0 Å². The molecule has 5 atom stereocenters. The van der Waals surface area contributed by atoms with Gasteiger partial charge in [0.1, 0.15) is 33.0 Å². The Morgan fingerprint density at radius 1 is 0.464 bits per heavy atom. The number of nitrogens with one attached hydrogen (secondary N) is 8. The van der Waals surface area contributed by atoms with Crippen molar-refractivity contribution >= 4 is 167 Å². The average molecular weight is 1910 g/mol. The zero-order chi connectivity index (χ0) is 89.0. The fraction of sp³-hybridized carbons (Fsp3) is 0.347. The van der Waals surface area contributed by atoms with Gasteiger partial charge in [-0.3, -0.25) is 18.4 Å². The smallest absolute Gasteiger partial charge is 0.768 e. The molecule has 5 unspecified atom stereocenters. The summed E-state index contributed by atoms with van der Waals surface area (Å²) >= 11 is -3.92. The van der Waals surface area contributed by atoms with Crippen molar-refractivity contribution in [2.75, 3.05) is 63.0 Å². The predicted octanol–water partition coefficient (Wildman–Crippen LogP) is -2.11. The summed E-state index contributed by atoms with van der Waals surface area (Å²) < 4.78 is 385. The molecule has 0 bridgehead atoms. The van der Waals surface area contributed by atoms with Gasteiger partial charge in [-0.05, 0) is 85.8 Å². The molecular formula is C49H72BF11N8NaO28PS13. The van der Waals surface area contributed by atoms with Crippen LogP contribution >= 0.6 is 7.44 Å². The molecule has 0 aromatic heterocycles. The number of benzene rings is 5. The summed E-state index contributed by atoms with van der Waals surface area (Å²) in [7, 11) is -42.1.